The molecule has 0 radical (unpaired) electrons. The van der Waals surface area contributed by atoms with Gasteiger partial charge in [-0.15, -0.1) is 0 Å². The van der Waals surface area contributed by atoms with Crippen LogP contribution in [0, 0.1) is 5.92 Å². The molecule has 0 bridgehead atoms. The van der Waals surface area contributed by atoms with E-state index in [-0.39, 0.29) is 5.69 Å². The highest BCUT2D eigenvalue weighted by Gasteiger charge is 2.12. The lowest BCUT2D eigenvalue weighted by molar-refractivity contribution is 0.373. The van der Waals surface area contributed by atoms with Crippen LogP contribution in [0.1, 0.15) is 32.1 Å². The van der Waals surface area contributed by atoms with E-state index in [0.29, 0.717) is 0 Å². The fourth-order valence-corrected chi connectivity index (χ4v) is 2.12. The Morgan fingerprint density at radius 2 is 2.20 bits per heavy atom. The fourth-order valence-electron chi connectivity index (χ4n) is 2.12. The first-order chi connectivity index (χ1) is 7.34. The maximum Gasteiger partial charge on any atom is 0.346 e. The third-order valence-corrected chi connectivity index (χ3v) is 2.98. The lowest BCUT2D eigenvalue weighted by Crippen LogP contribution is -2.19. The molecule has 0 spiro atoms. The molecule has 0 unspecified atom stereocenters. The van der Waals surface area contributed by atoms with Crippen LogP contribution in [0.3, 0.4) is 0 Å². The lowest BCUT2D eigenvalue weighted by Gasteiger charge is -2.21. The summed E-state index contributed by atoms with van der Waals surface area (Å²) >= 11 is 0. The van der Waals surface area contributed by atoms with E-state index in [2.05, 4.69) is 15.3 Å². The molecule has 2 N–H and O–H groups in total. The second-order valence-corrected chi connectivity index (χ2v) is 4.17. The maximum atomic E-state index is 10.9. The van der Waals surface area contributed by atoms with Gasteiger partial charge in [0, 0.05) is 12.7 Å². The van der Waals surface area contributed by atoms with Crippen LogP contribution in [0.5, 0.6) is 0 Å². The van der Waals surface area contributed by atoms with Gasteiger partial charge in [0.25, 0.3) is 0 Å². The standard InChI is InChI=1S/C11H17N3O/c15-11-12-7-6-10(14-11)13-8-9-4-2-1-3-5-9/h6-7,9H,1-5,8H2,(H2,12,13,14,15). The molecule has 0 atom stereocenters. The average molecular weight is 207 g/mol. The van der Waals surface area contributed by atoms with Crippen LogP contribution in [-0.2, 0) is 0 Å². The molecule has 15 heavy (non-hydrogen) atoms. The van der Waals surface area contributed by atoms with Crippen LogP contribution in [0.15, 0.2) is 17.1 Å². The molecule has 1 aromatic heterocycles. The van der Waals surface area contributed by atoms with Gasteiger partial charge in [-0.2, -0.15) is 0 Å². The van der Waals surface area contributed by atoms with E-state index in [1.54, 1.807) is 6.07 Å². The molecule has 1 aliphatic rings. The third-order valence-electron chi connectivity index (χ3n) is 2.98. The largest absolute Gasteiger partial charge is 0.371 e. The van der Waals surface area contributed by atoms with Crippen molar-refractivity contribution >= 4 is 5.82 Å². The molecule has 1 fully saturated rings. The summed E-state index contributed by atoms with van der Waals surface area (Å²) in [6.45, 7) is 0.958. The topological polar surface area (TPSA) is 57.8 Å². The molecular weight excluding hydrogens is 190 g/mol. The van der Waals surface area contributed by atoms with Gasteiger partial charge in [-0.05, 0) is 24.8 Å². The van der Waals surface area contributed by atoms with Crippen molar-refractivity contribution in [3.63, 3.8) is 0 Å². The number of aromatic nitrogens is 2. The van der Waals surface area contributed by atoms with Crippen molar-refractivity contribution in [1.29, 1.82) is 0 Å². The minimum absolute atomic E-state index is 0.288. The van der Waals surface area contributed by atoms with Crippen molar-refractivity contribution in [3.8, 4) is 0 Å². The van der Waals surface area contributed by atoms with E-state index in [0.717, 1.165) is 18.3 Å². The number of H-pyrrole nitrogens is 1. The Morgan fingerprint density at radius 3 is 2.93 bits per heavy atom. The predicted molar refractivity (Wildman–Crippen MR) is 59.9 cm³/mol. The first kappa shape index (κ1) is 10.2. The molecule has 1 heterocycles. The fraction of sp³-hybridized carbons (Fsp3) is 0.636. The highest BCUT2D eigenvalue weighted by Crippen LogP contribution is 2.23. The zero-order chi connectivity index (χ0) is 10.5. The number of aromatic amines is 1. The third kappa shape index (κ3) is 3.08. The summed E-state index contributed by atoms with van der Waals surface area (Å²) in [4.78, 5) is 17.2. The van der Waals surface area contributed by atoms with Crippen LogP contribution < -0.4 is 11.0 Å². The number of anilines is 1. The Bertz CT molecular complexity index is 355. The van der Waals surface area contributed by atoms with Gasteiger partial charge in [0.2, 0.25) is 0 Å². The maximum absolute atomic E-state index is 10.9. The predicted octanol–water partition coefficient (Wildman–Crippen LogP) is 1.76. The van der Waals surface area contributed by atoms with Gasteiger partial charge in [0.15, 0.2) is 0 Å². The molecule has 0 amide bonds. The van der Waals surface area contributed by atoms with Gasteiger partial charge in [0.05, 0.1) is 0 Å². The smallest absolute Gasteiger partial charge is 0.346 e. The number of hydrogen-bond acceptors (Lipinski definition) is 3. The zero-order valence-electron chi connectivity index (χ0n) is 8.83. The molecule has 1 aliphatic carbocycles. The lowest BCUT2D eigenvalue weighted by atomic mass is 9.89. The second kappa shape index (κ2) is 4.96. The Kier molecular flexibility index (Phi) is 3.37. The minimum atomic E-state index is -0.288. The molecule has 0 aromatic carbocycles. The van der Waals surface area contributed by atoms with E-state index in [4.69, 9.17) is 0 Å². The van der Waals surface area contributed by atoms with Crippen molar-refractivity contribution < 1.29 is 0 Å². The number of rotatable bonds is 3. The van der Waals surface area contributed by atoms with Crippen molar-refractivity contribution in [1.82, 2.24) is 9.97 Å². The van der Waals surface area contributed by atoms with Gasteiger partial charge in [0.1, 0.15) is 5.82 Å². The Balaban J connectivity index is 1.84. The van der Waals surface area contributed by atoms with Gasteiger partial charge >= 0.3 is 5.69 Å². The zero-order valence-corrected chi connectivity index (χ0v) is 8.83. The molecule has 1 aromatic rings. The monoisotopic (exact) mass is 207 g/mol. The van der Waals surface area contributed by atoms with Crippen LogP contribution in [-0.4, -0.2) is 16.5 Å². The summed E-state index contributed by atoms with van der Waals surface area (Å²) < 4.78 is 0. The van der Waals surface area contributed by atoms with Gasteiger partial charge < -0.3 is 5.32 Å². The summed E-state index contributed by atoms with van der Waals surface area (Å²) in [7, 11) is 0. The first-order valence-electron chi connectivity index (χ1n) is 5.64. The molecule has 4 heteroatoms. The van der Waals surface area contributed by atoms with E-state index in [9.17, 15) is 4.79 Å². The van der Waals surface area contributed by atoms with E-state index < -0.39 is 0 Å². The Labute approximate surface area is 89.1 Å². The quantitative estimate of drug-likeness (QED) is 0.794. The van der Waals surface area contributed by atoms with Crippen molar-refractivity contribution in [3.05, 3.63) is 22.7 Å². The summed E-state index contributed by atoms with van der Waals surface area (Å²) in [5, 5.41) is 3.26. The molecule has 4 nitrogen and oxygen atoms in total. The van der Waals surface area contributed by atoms with Crippen molar-refractivity contribution in [2.75, 3.05) is 11.9 Å². The molecule has 2 rings (SSSR count). The van der Waals surface area contributed by atoms with E-state index >= 15 is 0 Å². The summed E-state index contributed by atoms with van der Waals surface area (Å²) in [5.41, 5.74) is -0.288. The SMILES string of the molecule is O=c1nccc(NCC2CCCCC2)[nH]1. The highest BCUT2D eigenvalue weighted by molar-refractivity contribution is 5.31. The Morgan fingerprint density at radius 1 is 1.40 bits per heavy atom. The van der Waals surface area contributed by atoms with E-state index in [1.165, 1.54) is 38.3 Å². The number of hydrogen-bond donors (Lipinski definition) is 2. The highest BCUT2D eigenvalue weighted by atomic mass is 16.1. The van der Waals surface area contributed by atoms with Gasteiger partial charge in [-0.25, -0.2) is 9.78 Å². The normalized spacial score (nSPS) is 17.6. The van der Waals surface area contributed by atoms with Crippen LogP contribution in [0.2, 0.25) is 0 Å². The second-order valence-electron chi connectivity index (χ2n) is 4.17. The summed E-state index contributed by atoms with van der Waals surface area (Å²) in [6.07, 6.45) is 8.22. The van der Waals surface area contributed by atoms with Crippen LogP contribution in [0.4, 0.5) is 5.82 Å². The molecule has 1 saturated carbocycles. The van der Waals surface area contributed by atoms with Crippen molar-refractivity contribution in [2.45, 2.75) is 32.1 Å². The molecular formula is C11H17N3O. The summed E-state index contributed by atoms with van der Waals surface area (Å²) in [5.74, 6) is 1.54. The minimum Gasteiger partial charge on any atom is -0.371 e. The van der Waals surface area contributed by atoms with Gasteiger partial charge in [-0.3, -0.25) is 4.98 Å². The van der Waals surface area contributed by atoms with Crippen LogP contribution >= 0.6 is 0 Å². The number of nitrogens with one attached hydrogen (secondary N) is 2. The average Bonchev–Trinajstić information content (AvgIpc) is 2.28. The first-order valence-corrected chi connectivity index (χ1v) is 5.64. The van der Waals surface area contributed by atoms with Crippen LogP contribution in [0.25, 0.3) is 0 Å². The van der Waals surface area contributed by atoms with Crippen molar-refractivity contribution in [2.24, 2.45) is 5.92 Å². The molecule has 0 saturated heterocycles. The van der Waals surface area contributed by atoms with Gasteiger partial charge in [-0.1, -0.05) is 19.3 Å². The Hall–Kier alpha value is -1.32. The van der Waals surface area contributed by atoms with E-state index in [1.807, 2.05) is 0 Å². The number of nitrogens with zero attached hydrogens (tertiary/aromatic N) is 1. The molecule has 0 aliphatic heterocycles. The summed E-state index contributed by atoms with van der Waals surface area (Å²) in [6, 6.07) is 1.80. The molecule has 82 valence electrons.